The van der Waals surface area contributed by atoms with Gasteiger partial charge in [0.2, 0.25) is 0 Å². The van der Waals surface area contributed by atoms with Crippen LogP contribution < -0.4 is 5.32 Å². The molecule has 1 N–H and O–H groups in total. The van der Waals surface area contributed by atoms with Crippen LogP contribution in [0.5, 0.6) is 0 Å². The summed E-state index contributed by atoms with van der Waals surface area (Å²) in [7, 11) is 2.56. The van der Waals surface area contributed by atoms with Gasteiger partial charge in [-0.15, -0.1) is 0 Å². The number of hydrogen-bond acceptors (Lipinski definition) is 7. The van der Waals surface area contributed by atoms with E-state index in [-0.39, 0.29) is 23.6 Å². The molecule has 0 saturated heterocycles. The maximum absolute atomic E-state index is 12.6. The van der Waals surface area contributed by atoms with Crippen molar-refractivity contribution in [3.05, 3.63) is 101 Å². The van der Waals surface area contributed by atoms with Gasteiger partial charge in [-0.05, 0) is 66.9 Å². The Balaban J connectivity index is 1.52. The third-order valence-electron chi connectivity index (χ3n) is 5.09. The van der Waals surface area contributed by atoms with Crippen LogP contribution in [0.3, 0.4) is 0 Å². The van der Waals surface area contributed by atoms with Crippen molar-refractivity contribution in [3.63, 3.8) is 0 Å². The molecule has 3 aromatic carbocycles. The summed E-state index contributed by atoms with van der Waals surface area (Å²) in [6, 6.07) is 19.8. The Kier molecular flexibility index (Phi) is 8.72. The van der Waals surface area contributed by atoms with E-state index in [1.165, 1.54) is 26.4 Å². The van der Waals surface area contributed by atoms with E-state index < -0.39 is 17.9 Å². The van der Waals surface area contributed by atoms with Gasteiger partial charge >= 0.3 is 17.9 Å². The number of esters is 3. The zero-order valence-corrected chi connectivity index (χ0v) is 19.4. The molecule has 0 aliphatic heterocycles. The minimum Gasteiger partial charge on any atom is -0.465 e. The van der Waals surface area contributed by atoms with Crippen LogP contribution in [0, 0.1) is 0 Å². The van der Waals surface area contributed by atoms with Gasteiger partial charge in [0.05, 0.1) is 37.5 Å². The van der Waals surface area contributed by atoms with Crippen LogP contribution in [0.1, 0.15) is 53.4 Å². The minimum atomic E-state index is -0.525. The number of nitrogens with one attached hydrogen (secondary N) is 1. The number of carbonyl (C=O) groups excluding carboxylic acids is 4. The van der Waals surface area contributed by atoms with Crippen molar-refractivity contribution in [1.82, 2.24) is 0 Å². The first-order valence-corrected chi connectivity index (χ1v) is 10.9. The van der Waals surface area contributed by atoms with Crippen LogP contribution >= 0.6 is 0 Å². The zero-order valence-electron chi connectivity index (χ0n) is 19.4. The number of hydrogen-bond donors (Lipinski definition) is 1. The molecule has 0 atom stereocenters. The van der Waals surface area contributed by atoms with E-state index in [1.807, 2.05) is 18.2 Å². The first-order valence-electron chi connectivity index (χ1n) is 10.9. The summed E-state index contributed by atoms with van der Waals surface area (Å²) < 4.78 is 14.7. The van der Waals surface area contributed by atoms with Crippen molar-refractivity contribution >= 4 is 29.5 Å². The molecule has 0 saturated carbocycles. The molecule has 0 aliphatic rings. The average molecular weight is 475 g/mol. The molecule has 0 aromatic heterocycles. The smallest absolute Gasteiger partial charge is 0.338 e. The third kappa shape index (κ3) is 7.01. The minimum absolute atomic E-state index is 0.193. The first-order chi connectivity index (χ1) is 16.9. The molecule has 0 heterocycles. The Bertz CT molecular complexity index is 1240. The number of rotatable bonds is 9. The molecular weight excluding hydrogens is 450 g/mol. The van der Waals surface area contributed by atoms with E-state index in [0.29, 0.717) is 29.7 Å². The summed E-state index contributed by atoms with van der Waals surface area (Å²) in [4.78, 5) is 48.2. The van der Waals surface area contributed by atoms with Crippen molar-refractivity contribution in [2.75, 3.05) is 26.1 Å². The van der Waals surface area contributed by atoms with Crippen LogP contribution in [0.15, 0.2) is 72.8 Å². The lowest BCUT2D eigenvalue weighted by Crippen LogP contribution is -2.13. The van der Waals surface area contributed by atoms with Crippen molar-refractivity contribution in [3.8, 4) is 0 Å². The Labute approximate surface area is 202 Å². The quantitative estimate of drug-likeness (QED) is 0.279. The lowest BCUT2D eigenvalue weighted by atomic mass is 10.1. The predicted molar refractivity (Wildman–Crippen MR) is 129 cm³/mol. The number of ether oxygens (including phenoxy) is 3. The Morgan fingerprint density at radius 3 is 1.86 bits per heavy atom. The summed E-state index contributed by atoms with van der Waals surface area (Å²) in [5.74, 6) is -1.91. The third-order valence-corrected chi connectivity index (χ3v) is 5.09. The fourth-order valence-corrected chi connectivity index (χ4v) is 3.33. The fraction of sp³-hybridized carbons (Fsp3) is 0.185. The molecule has 180 valence electrons. The van der Waals surface area contributed by atoms with Crippen LogP contribution in [-0.2, 0) is 20.6 Å². The van der Waals surface area contributed by atoms with E-state index >= 15 is 0 Å². The fourth-order valence-electron chi connectivity index (χ4n) is 3.33. The van der Waals surface area contributed by atoms with E-state index in [1.54, 1.807) is 42.5 Å². The van der Waals surface area contributed by atoms with Gasteiger partial charge in [0, 0.05) is 11.3 Å². The summed E-state index contributed by atoms with van der Waals surface area (Å²) in [6.45, 7) is 0.193. The number of benzene rings is 3. The van der Waals surface area contributed by atoms with Gasteiger partial charge in [-0.25, -0.2) is 14.4 Å². The second-order valence-electron chi connectivity index (χ2n) is 7.54. The molecule has 0 bridgehead atoms. The van der Waals surface area contributed by atoms with E-state index in [9.17, 15) is 19.2 Å². The molecule has 0 spiro atoms. The number of anilines is 1. The van der Waals surface area contributed by atoms with Crippen molar-refractivity contribution in [2.24, 2.45) is 0 Å². The molecule has 8 nitrogen and oxygen atoms in total. The van der Waals surface area contributed by atoms with Gasteiger partial charge < -0.3 is 19.5 Å². The van der Waals surface area contributed by atoms with Gasteiger partial charge in [0.1, 0.15) is 0 Å². The van der Waals surface area contributed by atoms with Crippen molar-refractivity contribution in [2.45, 2.75) is 12.8 Å². The normalized spacial score (nSPS) is 10.2. The lowest BCUT2D eigenvalue weighted by molar-refractivity contribution is 0.0499. The highest BCUT2D eigenvalue weighted by atomic mass is 16.5. The molecule has 3 rings (SSSR count). The summed E-state index contributed by atoms with van der Waals surface area (Å²) in [5, 5.41) is 2.82. The highest BCUT2D eigenvalue weighted by Gasteiger charge is 2.13. The SMILES string of the molecule is COC(=O)c1cccc(C(=O)Nc2cccc(CCCOC(=O)c3cccc(C(=O)OC)c3)c2)c1. The van der Waals surface area contributed by atoms with E-state index in [2.05, 4.69) is 10.1 Å². The highest BCUT2D eigenvalue weighted by Crippen LogP contribution is 2.15. The van der Waals surface area contributed by atoms with Crippen molar-refractivity contribution in [1.29, 1.82) is 0 Å². The first kappa shape index (κ1) is 25.2. The van der Waals surface area contributed by atoms with Gasteiger partial charge in [-0.1, -0.05) is 24.3 Å². The molecule has 3 aromatic rings. The molecular formula is C27H25NO7. The van der Waals surface area contributed by atoms with Crippen LogP contribution in [0.2, 0.25) is 0 Å². The van der Waals surface area contributed by atoms with Gasteiger partial charge in [-0.2, -0.15) is 0 Å². The number of methoxy groups -OCH3 is 2. The standard InChI is InChI=1S/C27H25NO7/c1-33-25(30)20-10-4-9-19(16-20)24(29)28-23-13-3-7-18(15-23)8-6-14-35-27(32)22-12-5-11-21(17-22)26(31)34-2/h3-5,7,9-13,15-17H,6,8,14H2,1-2H3,(H,28,29). The van der Waals surface area contributed by atoms with Gasteiger partial charge in [0.25, 0.3) is 5.91 Å². The maximum atomic E-state index is 12.6. The highest BCUT2D eigenvalue weighted by molar-refractivity contribution is 6.05. The summed E-state index contributed by atoms with van der Waals surface area (Å²) in [5.41, 5.74) is 2.73. The summed E-state index contributed by atoms with van der Waals surface area (Å²) >= 11 is 0. The van der Waals surface area contributed by atoms with Crippen LogP contribution in [0.4, 0.5) is 5.69 Å². The molecule has 0 radical (unpaired) electrons. The summed E-state index contributed by atoms with van der Waals surface area (Å²) in [6.07, 6.45) is 1.19. The second-order valence-corrected chi connectivity index (χ2v) is 7.54. The van der Waals surface area contributed by atoms with Gasteiger partial charge in [-0.3, -0.25) is 4.79 Å². The van der Waals surface area contributed by atoms with Gasteiger partial charge in [0.15, 0.2) is 0 Å². The predicted octanol–water partition coefficient (Wildman–Crippen LogP) is 4.30. The van der Waals surface area contributed by atoms with Crippen LogP contribution in [0.25, 0.3) is 0 Å². The molecule has 0 fully saturated rings. The number of carbonyl (C=O) groups is 4. The zero-order chi connectivity index (χ0) is 25.2. The average Bonchev–Trinajstić information content (AvgIpc) is 2.90. The Morgan fingerprint density at radius 1 is 0.686 bits per heavy atom. The van der Waals surface area contributed by atoms with Crippen LogP contribution in [-0.4, -0.2) is 44.6 Å². The number of aryl methyl sites for hydroxylation is 1. The lowest BCUT2D eigenvalue weighted by Gasteiger charge is -2.09. The molecule has 8 heteroatoms. The topological polar surface area (TPSA) is 108 Å². The second kappa shape index (κ2) is 12.1. The molecule has 1 amide bonds. The molecule has 35 heavy (non-hydrogen) atoms. The van der Waals surface area contributed by atoms with Crippen molar-refractivity contribution < 1.29 is 33.4 Å². The van der Waals surface area contributed by atoms with E-state index in [4.69, 9.17) is 9.47 Å². The molecule has 0 aliphatic carbocycles. The Morgan fingerprint density at radius 2 is 1.23 bits per heavy atom. The Hall–Kier alpha value is -4.46. The van der Waals surface area contributed by atoms with E-state index in [0.717, 1.165) is 5.56 Å². The maximum Gasteiger partial charge on any atom is 0.338 e. The monoisotopic (exact) mass is 475 g/mol. The molecule has 0 unspecified atom stereocenters. The number of amides is 1. The largest absolute Gasteiger partial charge is 0.465 e.